The second kappa shape index (κ2) is 4.84. The van der Waals surface area contributed by atoms with E-state index in [0.717, 1.165) is 0 Å². The summed E-state index contributed by atoms with van der Waals surface area (Å²) in [5, 5.41) is 3.96. The lowest BCUT2D eigenvalue weighted by Gasteiger charge is -2.10. The summed E-state index contributed by atoms with van der Waals surface area (Å²) in [6.07, 6.45) is 2.89. The standard InChI is InChI=1S/C9H9BrN4O2S/c10-5-17(15,16)13-8-3-1-2-4-9(8)14-7-11-6-12-14/h1-4,6-7,13H,5H2. The van der Waals surface area contributed by atoms with Gasteiger partial charge in [0, 0.05) is 0 Å². The molecule has 1 N–H and O–H groups in total. The third-order valence-electron chi connectivity index (χ3n) is 1.98. The molecule has 0 aliphatic heterocycles. The van der Waals surface area contributed by atoms with Crippen LogP contribution < -0.4 is 4.72 Å². The Labute approximate surface area is 107 Å². The number of anilines is 1. The van der Waals surface area contributed by atoms with Gasteiger partial charge < -0.3 is 0 Å². The molecule has 0 unspecified atom stereocenters. The third-order valence-corrected chi connectivity index (χ3v) is 4.61. The molecule has 90 valence electrons. The zero-order valence-corrected chi connectivity index (χ0v) is 11.0. The van der Waals surface area contributed by atoms with Crippen LogP contribution in [0.15, 0.2) is 36.9 Å². The summed E-state index contributed by atoms with van der Waals surface area (Å²) in [5.41, 5.74) is 1.08. The van der Waals surface area contributed by atoms with E-state index >= 15 is 0 Å². The van der Waals surface area contributed by atoms with Crippen LogP contribution in [0.5, 0.6) is 0 Å². The Morgan fingerprint density at radius 3 is 2.76 bits per heavy atom. The second-order valence-electron chi connectivity index (χ2n) is 3.18. The Balaban J connectivity index is 2.42. The molecule has 6 nitrogen and oxygen atoms in total. The van der Waals surface area contributed by atoms with Crippen LogP contribution in [0.4, 0.5) is 5.69 Å². The van der Waals surface area contributed by atoms with Crippen LogP contribution in [-0.2, 0) is 10.0 Å². The van der Waals surface area contributed by atoms with Gasteiger partial charge in [-0.1, -0.05) is 28.1 Å². The predicted molar refractivity (Wildman–Crippen MR) is 67.7 cm³/mol. The normalized spacial score (nSPS) is 11.4. The molecule has 17 heavy (non-hydrogen) atoms. The number of hydrogen-bond acceptors (Lipinski definition) is 4. The number of benzene rings is 1. The minimum absolute atomic E-state index is 0.161. The van der Waals surface area contributed by atoms with Crippen molar-refractivity contribution in [3.05, 3.63) is 36.9 Å². The molecule has 0 radical (unpaired) electrons. The first-order valence-electron chi connectivity index (χ1n) is 4.63. The van der Waals surface area contributed by atoms with Gasteiger partial charge in [-0.25, -0.2) is 18.1 Å². The molecule has 0 bridgehead atoms. The predicted octanol–water partition coefficient (Wildman–Crippen LogP) is 1.36. The molecule has 0 spiro atoms. The van der Waals surface area contributed by atoms with E-state index in [-0.39, 0.29) is 4.66 Å². The van der Waals surface area contributed by atoms with Gasteiger partial charge in [0.15, 0.2) is 0 Å². The fraction of sp³-hybridized carbons (Fsp3) is 0.111. The van der Waals surface area contributed by atoms with Crippen LogP contribution in [0.1, 0.15) is 0 Å². The summed E-state index contributed by atoms with van der Waals surface area (Å²) >= 11 is 2.92. The average Bonchev–Trinajstić information content (AvgIpc) is 2.83. The van der Waals surface area contributed by atoms with Crippen molar-refractivity contribution < 1.29 is 8.42 Å². The van der Waals surface area contributed by atoms with Gasteiger partial charge in [0.1, 0.15) is 17.3 Å². The highest BCUT2D eigenvalue weighted by molar-refractivity contribution is 9.10. The van der Waals surface area contributed by atoms with Crippen LogP contribution in [-0.4, -0.2) is 27.8 Å². The number of hydrogen-bond donors (Lipinski definition) is 1. The number of para-hydroxylation sites is 2. The van der Waals surface area contributed by atoms with Crippen molar-refractivity contribution in [2.24, 2.45) is 0 Å². The number of alkyl halides is 1. The van der Waals surface area contributed by atoms with Crippen molar-refractivity contribution in [1.29, 1.82) is 0 Å². The van der Waals surface area contributed by atoms with Crippen molar-refractivity contribution in [3.63, 3.8) is 0 Å². The summed E-state index contributed by atoms with van der Waals surface area (Å²) < 4.78 is 26.8. The highest BCUT2D eigenvalue weighted by Gasteiger charge is 2.11. The Morgan fingerprint density at radius 2 is 2.12 bits per heavy atom. The van der Waals surface area contributed by atoms with E-state index in [0.29, 0.717) is 11.4 Å². The maximum Gasteiger partial charge on any atom is 0.242 e. The maximum atomic E-state index is 11.5. The zero-order valence-electron chi connectivity index (χ0n) is 8.62. The Hall–Kier alpha value is -1.41. The van der Waals surface area contributed by atoms with Gasteiger partial charge in [-0.2, -0.15) is 5.10 Å². The molecule has 0 aliphatic carbocycles. The number of nitrogens with zero attached hydrogens (tertiary/aromatic N) is 3. The molecule has 0 atom stereocenters. The van der Waals surface area contributed by atoms with Gasteiger partial charge in [0.25, 0.3) is 0 Å². The molecule has 2 rings (SSSR count). The van der Waals surface area contributed by atoms with Gasteiger partial charge in [-0.05, 0) is 12.1 Å². The van der Waals surface area contributed by atoms with Crippen molar-refractivity contribution in [1.82, 2.24) is 14.8 Å². The van der Waals surface area contributed by atoms with E-state index in [1.165, 1.54) is 17.3 Å². The summed E-state index contributed by atoms with van der Waals surface area (Å²) in [4.78, 5) is 3.82. The quantitative estimate of drug-likeness (QED) is 0.864. The Kier molecular flexibility index (Phi) is 3.43. The minimum Gasteiger partial charge on any atom is -0.281 e. The summed E-state index contributed by atoms with van der Waals surface area (Å²) in [6, 6.07) is 6.95. The zero-order chi connectivity index (χ0) is 12.3. The first-order valence-corrected chi connectivity index (χ1v) is 7.40. The van der Waals surface area contributed by atoms with E-state index in [2.05, 4.69) is 30.7 Å². The molecular formula is C9H9BrN4O2S. The van der Waals surface area contributed by atoms with E-state index in [1.807, 2.05) is 0 Å². The highest BCUT2D eigenvalue weighted by Crippen LogP contribution is 2.20. The molecular weight excluding hydrogens is 308 g/mol. The minimum atomic E-state index is -3.38. The number of aromatic nitrogens is 3. The first kappa shape index (κ1) is 12.1. The molecule has 2 aromatic rings. The van der Waals surface area contributed by atoms with E-state index < -0.39 is 10.0 Å². The lowest BCUT2D eigenvalue weighted by molar-refractivity contribution is 0.606. The average molecular weight is 317 g/mol. The summed E-state index contributed by atoms with van der Waals surface area (Å²) in [5.74, 6) is 0. The van der Waals surface area contributed by atoms with E-state index in [4.69, 9.17) is 0 Å². The van der Waals surface area contributed by atoms with Crippen molar-refractivity contribution in [2.45, 2.75) is 0 Å². The molecule has 1 heterocycles. The summed E-state index contributed by atoms with van der Waals surface area (Å²) in [7, 11) is -3.38. The highest BCUT2D eigenvalue weighted by atomic mass is 79.9. The molecule has 0 aliphatic rings. The SMILES string of the molecule is O=S(=O)(CBr)Nc1ccccc1-n1cncn1. The lowest BCUT2D eigenvalue weighted by atomic mass is 10.3. The molecule has 1 aromatic carbocycles. The molecule has 0 saturated heterocycles. The van der Waals surface area contributed by atoms with Crippen LogP contribution in [0.25, 0.3) is 5.69 Å². The topological polar surface area (TPSA) is 76.9 Å². The monoisotopic (exact) mass is 316 g/mol. The van der Waals surface area contributed by atoms with E-state index in [9.17, 15) is 8.42 Å². The van der Waals surface area contributed by atoms with Gasteiger partial charge in [-0.3, -0.25) is 4.72 Å². The Morgan fingerprint density at radius 1 is 1.35 bits per heavy atom. The fourth-order valence-corrected chi connectivity index (χ4v) is 2.19. The number of nitrogens with one attached hydrogen (secondary N) is 1. The fourth-order valence-electron chi connectivity index (χ4n) is 1.29. The third kappa shape index (κ3) is 2.83. The van der Waals surface area contributed by atoms with Crippen LogP contribution in [0.3, 0.4) is 0 Å². The number of halogens is 1. The number of rotatable bonds is 4. The van der Waals surface area contributed by atoms with Crippen molar-refractivity contribution in [2.75, 3.05) is 9.38 Å². The van der Waals surface area contributed by atoms with Crippen molar-refractivity contribution >= 4 is 31.6 Å². The largest absolute Gasteiger partial charge is 0.281 e. The number of sulfonamides is 1. The molecule has 0 fully saturated rings. The van der Waals surface area contributed by atoms with Gasteiger partial charge >= 0.3 is 0 Å². The smallest absolute Gasteiger partial charge is 0.242 e. The van der Waals surface area contributed by atoms with Gasteiger partial charge in [-0.15, -0.1) is 0 Å². The lowest BCUT2D eigenvalue weighted by Crippen LogP contribution is -2.15. The summed E-state index contributed by atoms with van der Waals surface area (Å²) in [6.45, 7) is 0. The van der Waals surface area contributed by atoms with E-state index in [1.54, 1.807) is 24.3 Å². The Bertz CT molecular complexity index is 597. The van der Waals surface area contributed by atoms with Crippen LogP contribution >= 0.6 is 15.9 Å². The van der Waals surface area contributed by atoms with Crippen LogP contribution in [0.2, 0.25) is 0 Å². The van der Waals surface area contributed by atoms with Crippen molar-refractivity contribution in [3.8, 4) is 5.69 Å². The molecule has 1 aromatic heterocycles. The molecule has 0 amide bonds. The molecule has 0 saturated carbocycles. The molecule has 8 heteroatoms. The van der Waals surface area contributed by atoms with Gasteiger partial charge in [0.2, 0.25) is 10.0 Å². The van der Waals surface area contributed by atoms with Crippen LogP contribution in [0, 0.1) is 0 Å². The second-order valence-corrected chi connectivity index (χ2v) is 6.21. The van der Waals surface area contributed by atoms with Gasteiger partial charge in [0.05, 0.1) is 11.4 Å². The maximum absolute atomic E-state index is 11.5. The first-order chi connectivity index (χ1) is 8.12.